The number of hydrogen-bond acceptors (Lipinski definition) is 5. The van der Waals surface area contributed by atoms with Crippen LogP contribution in [0.25, 0.3) is 0 Å². The van der Waals surface area contributed by atoms with Crippen LogP contribution in [0.4, 0.5) is 11.4 Å². The molecule has 2 heterocycles. The van der Waals surface area contributed by atoms with Gasteiger partial charge in [0.1, 0.15) is 0 Å². The van der Waals surface area contributed by atoms with Crippen molar-refractivity contribution in [1.82, 2.24) is 4.90 Å². The lowest BCUT2D eigenvalue weighted by molar-refractivity contribution is -0.147. The van der Waals surface area contributed by atoms with E-state index in [9.17, 15) is 19.2 Å². The number of rotatable bonds is 5. The van der Waals surface area contributed by atoms with Crippen molar-refractivity contribution < 1.29 is 23.9 Å². The number of carbonyl (C=O) groups excluding carboxylic acids is 4. The summed E-state index contributed by atoms with van der Waals surface area (Å²) in [6.45, 7) is 1.30. The number of imide groups is 1. The average molecular weight is 469 g/mol. The standard InChI is InChI=1S/C28H24N2O5/c1-18-10-13-21-22(16-18)28(34)29(27(21)33)15-14-26(32)35-17-25(31)30-23-8-4-2-6-19(23)11-12-20-7-3-5-9-24(20)30/h2-10,13,16H,11-12,14-15,17H2,1H3. The van der Waals surface area contributed by atoms with Gasteiger partial charge in [0.05, 0.1) is 28.9 Å². The number of carbonyl (C=O) groups is 4. The predicted octanol–water partition coefficient (Wildman–Crippen LogP) is 3.99. The van der Waals surface area contributed by atoms with Crippen molar-refractivity contribution in [2.24, 2.45) is 0 Å². The van der Waals surface area contributed by atoms with Gasteiger partial charge in [-0.3, -0.25) is 29.0 Å². The topological polar surface area (TPSA) is 84.0 Å². The third-order valence-electron chi connectivity index (χ3n) is 6.40. The van der Waals surface area contributed by atoms with E-state index in [0.29, 0.717) is 11.1 Å². The summed E-state index contributed by atoms with van der Waals surface area (Å²) < 4.78 is 5.28. The zero-order valence-corrected chi connectivity index (χ0v) is 19.3. The fourth-order valence-corrected chi connectivity index (χ4v) is 4.64. The van der Waals surface area contributed by atoms with Crippen LogP contribution < -0.4 is 4.90 Å². The number of anilines is 2. The summed E-state index contributed by atoms with van der Waals surface area (Å²) >= 11 is 0. The Morgan fingerprint density at radius 2 is 1.43 bits per heavy atom. The molecule has 7 nitrogen and oxygen atoms in total. The Morgan fingerprint density at radius 1 is 0.829 bits per heavy atom. The van der Waals surface area contributed by atoms with Gasteiger partial charge in [-0.05, 0) is 55.2 Å². The van der Waals surface area contributed by atoms with Crippen molar-refractivity contribution in [2.45, 2.75) is 26.2 Å². The van der Waals surface area contributed by atoms with E-state index in [1.54, 1.807) is 23.1 Å². The number of amides is 3. The predicted molar refractivity (Wildman–Crippen MR) is 130 cm³/mol. The lowest BCUT2D eigenvalue weighted by Crippen LogP contribution is -2.34. The van der Waals surface area contributed by atoms with Gasteiger partial charge in [0.2, 0.25) is 0 Å². The minimum atomic E-state index is -0.650. The van der Waals surface area contributed by atoms with Crippen LogP contribution in [0.1, 0.15) is 43.8 Å². The fourth-order valence-electron chi connectivity index (χ4n) is 4.64. The molecule has 0 saturated carbocycles. The number of benzene rings is 3. The van der Waals surface area contributed by atoms with Gasteiger partial charge >= 0.3 is 5.97 Å². The van der Waals surface area contributed by atoms with Gasteiger partial charge in [0, 0.05) is 6.54 Å². The van der Waals surface area contributed by atoms with E-state index in [1.165, 1.54) is 0 Å². The third-order valence-corrected chi connectivity index (χ3v) is 6.40. The molecule has 176 valence electrons. The molecule has 0 spiro atoms. The molecule has 2 aliphatic heterocycles. The Morgan fingerprint density at radius 3 is 2.09 bits per heavy atom. The molecule has 5 rings (SSSR count). The van der Waals surface area contributed by atoms with Gasteiger partial charge in [-0.25, -0.2) is 0 Å². The molecule has 0 radical (unpaired) electrons. The molecule has 0 aromatic heterocycles. The lowest BCUT2D eigenvalue weighted by atomic mass is 10.0. The SMILES string of the molecule is Cc1ccc2c(c1)C(=O)N(CCC(=O)OCC(=O)N1c3ccccc3CCc3ccccc31)C2=O. The van der Waals surface area contributed by atoms with Crippen molar-refractivity contribution in [3.8, 4) is 0 Å². The highest BCUT2D eigenvalue weighted by atomic mass is 16.5. The number of ether oxygens (including phenoxy) is 1. The first kappa shape index (κ1) is 22.5. The fraction of sp³-hybridized carbons (Fsp3) is 0.214. The van der Waals surface area contributed by atoms with Gasteiger partial charge in [-0.15, -0.1) is 0 Å². The second-order valence-electron chi connectivity index (χ2n) is 8.71. The first-order valence-electron chi connectivity index (χ1n) is 11.6. The Balaban J connectivity index is 1.25. The molecule has 0 aliphatic carbocycles. The van der Waals surface area contributed by atoms with E-state index in [2.05, 4.69) is 0 Å². The van der Waals surface area contributed by atoms with Gasteiger partial charge in [0.15, 0.2) is 6.61 Å². The molecule has 3 aromatic rings. The molecular formula is C28H24N2O5. The zero-order chi connectivity index (χ0) is 24.5. The maximum absolute atomic E-state index is 13.3. The van der Waals surface area contributed by atoms with E-state index in [1.807, 2.05) is 55.5 Å². The van der Waals surface area contributed by atoms with Crippen LogP contribution in [-0.2, 0) is 27.2 Å². The van der Waals surface area contributed by atoms with E-state index in [4.69, 9.17) is 4.74 Å². The first-order valence-corrected chi connectivity index (χ1v) is 11.6. The van der Waals surface area contributed by atoms with E-state index in [0.717, 1.165) is 45.8 Å². The highest BCUT2D eigenvalue weighted by Crippen LogP contribution is 2.36. The Labute approximate surface area is 202 Å². The molecular weight excluding hydrogens is 444 g/mol. The summed E-state index contributed by atoms with van der Waals surface area (Å²) in [6.07, 6.45) is 1.41. The average Bonchev–Trinajstić information content (AvgIpc) is 3.00. The van der Waals surface area contributed by atoms with Crippen molar-refractivity contribution in [3.05, 3.63) is 94.5 Å². The molecule has 0 fully saturated rings. The van der Waals surface area contributed by atoms with Crippen molar-refractivity contribution in [1.29, 1.82) is 0 Å². The van der Waals surface area contributed by atoms with Crippen molar-refractivity contribution in [3.63, 3.8) is 0 Å². The van der Waals surface area contributed by atoms with E-state index >= 15 is 0 Å². The summed E-state index contributed by atoms with van der Waals surface area (Å²) in [5.41, 5.74) is 5.20. The molecule has 7 heteroatoms. The summed E-state index contributed by atoms with van der Waals surface area (Å²) in [5, 5.41) is 0. The summed E-state index contributed by atoms with van der Waals surface area (Å²) in [5.74, 6) is -1.86. The quantitative estimate of drug-likeness (QED) is 0.418. The van der Waals surface area contributed by atoms with Gasteiger partial charge in [0.25, 0.3) is 17.7 Å². The molecule has 2 aliphatic rings. The molecule has 3 aromatic carbocycles. The number of para-hydroxylation sites is 2. The van der Waals surface area contributed by atoms with Crippen LogP contribution in [0.15, 0.2) is 66.7 Å². The highest BCUT2D eigenvalue weighted by Gasteiger charge is 2.35. The minimum Gasteiger partial charge on any atom is -0.455 e. The van der Waals surface area contributed by atoms with Crippen LogP contribution in [0, 0.1) is 6.92 Å². The minimum absolute atomic E-state index is 0.103. The van der Waals surface area contributed by atoms with Gasteiger partial charge in [-0.2, -0.15) is 0 Å². The normalized spacial score (nSPS) is 14.2. The van der Waals surface area contributed by atoms with Crippen LogP contribution >= 0.6 is 0 Å². The monoisotopic (exact) mass is 468 g/mol. The molecule has 3 amide bonds. The number of hydrogen-bond donors (Lipinski definition) is 0. The van der Waals surface area contributed by atoms with Gasteiger partial charge in [-0.1, -0.05) is 48.0 Å². The summed E-state index contributed by atoms with van der Waals surface area (Å²) in [6, 6.07) is 20.5. The van der Waals surface area contributed by atoms with Crippen molar-refractivity contribution >= 4 is 35.1 Å². The first-order chi connectivity index (χ1) is 16.9. The smallest absolute Gasteiger partial charge is 0.308 e. The van der Waals surface area contributed by atoms with Crippen LogP contribution in [0.3, 0.4) is 0 Å². The summed E-state index contributed by atoms with van der Waals surface area (Å²) in [7, 11) is 0. The second-order valence-corrected chi connectivity index (χ2v) is 8.71. The summed E-state index contributed by atoms with van der Waals surface area (Å²) in [4.78, 5) is 53.5. The van der Waals surface area contributed by atoms with Crippen LogP contribution in [-0.4, -0.2) is 41.7 Å². The third kappa shape index (κ3) is 4.21. The number of esters is 1. The van der Waals surface area contributed by atoms with Crippen LogP contribution in [0.5, 0.6) is 0 Å². The second kappa shape index (κ2) is 9.18. The lowest BCUT2D eigenvalue weighted by Gasteiger charge is -2.24. The van der Waals surface area contributed by atoms with Crippen molar-refractivity contribution in [2.75, 3.05) is 18.1 Å². The van der Waals surface area contributed by atoms with Crippen LogP contribution in [0.2, 0.25) is 0 Å². The molecule has 0 atom stereocenters. The molecule has 0 unspecified atom stereocenters. The Kier molecular flexibility index (Phi) is 5.91. The molecule has 35 heavy (non-hydrogen) atoms. The number of fused-ring (bicyclic) bond motifs is 3. The maximum Gasteiger partial charge on any atom is 0.308 e. The molecule has 0 bridgehead atoms. The van der Waals surface area contributed by atoms with E-state index < -0.39 is 24.4 Å². The number of nitrogens with zero attached hydrogens (tertiary/aromatic N) is 2. The molecule has 0 N–H and O–H groups in total. The Bertz CT molecular complexity index is 1320. The molecule has 0 saturated heterocycles. The zero-order valence-electron chi connectivity index (χ0n) is 19.3. The van der Waals surface area contributed by atoms with E-state index in [-0.39, 0.29) is 18.9 Å². The van der Waals surface area contributed by atoms with Gasteiger partial charge < -0.3 is 4.74 Å². The number of aryl methyl sites for hydroxylation is 3. The maximum atomic E-state index is 13.3. The Hall–Kier alpha value is -4.26. The largest absolute Gasteiger partial charge is 0.455 e. The highest BCUT2D eigenvalue weighted by molar-refractivity contribution is 6.21.